The molecule has 0 radical (unpaired) electrons. The number of fused-ring (bicyclic) bond motifs is 11. The van der Waals surface area contributed by atoms with E-state index in [0.29, 0.717) is 0 Å². The van der Waals surface area contributed by atoms with Crippen LogP contribution in [0.3, 0.4) is 0 Å². The molecular formula is C52H30OS. The maximum absolute atomic E-state index is 6.67. The molecule has 0 aliphatic rings. The molecule has 0 N–H and O–H groups in total. The second kappa shape index (κ2) is 11.4. The van der Waals surface area contributed by atoms with E-state index in [1.54, 1.807) is 0 Å². The number of furan rings is 1. The number of benzene rings is 10. The van der Waals surface area contributed by atoms with Crippen molar-refractivity contribution in [2.45, 2.75) is 0 Å². The average molecular weight is 703 g/mol. The van der Waals surface area contributed by atoms with Gasteiger partial charge in [-0.15, -0.1) is 11.3 Å². The van der Waals surface area contributed by atoms with Crippen molar-refractivity contribution < 1.29 is 4.42 Å². The van der Waals surface area contributed by atoms with Gasteiger partial charge in [0.1, 0.15) is 11.2 Å². The standard InChI is InChI=1S/C52H30OS/c1-2-14-33-28-36(25-24-31(33)12-1)48-40-20-7-5-18-38(40)47(39-19-6-8-21-41(39)48)34-15-11-16-35(29-34)49-51-42-22-9-10-23-44(42)53-45(51)30-43-50-37-17-4-3-13-32(37)26-27-46(50)54-52(43)49/h1-30H. The number of thiophene rings is 1. The summed E-state index contributed by atoms with van der Waals surface area (Å²) < 4.78 is 9.25. The van der Waals surface area contributed by atoms with E-state index < -0.39 is 0 Å². The minimum atomic E-state index is 0.915. The molecule has 0 bridgehead atoms. The summed E-state index contributed by atoms with van der Waals surface area (Å²) in [4.78, 5) is 0. The maximum Gasteiger partial charge on any atom is 0.136 e. The first-order valence-corrected chi connectivity index (χ1v) is 19.3. The van der Waals surface area contributed by atoms with Crippen molar-refractivity contribution in [1.82, 2.24) is 0 Å². The highest BCUT2D eigenvalue weighted by atomic mass is 32.1. The van der Waals surface area contributed by atoms with E-state index >= 15 is 0 Å². The molecule has 250 valence electrons. The predicted octanol–water partition coefficient (Wildman–Crippen LogP) is 15.6. The van der Waals surface area contributed by atoms with Gasteiger partial charge in [-0.2, -0.15) is 0 Å². The van der Waals surface area contributed by atoms with Crippen LogP contribution in [-0.2, 0) is 0 Å². The molecule has 0 fully saturated rings. The van der Waals surface area contributed by atoms with Gasteiger partial charge in [-0.3, -0.25) is 0 Å². The SMILES string of the molecule is c1cc(-c2c3ccccc3c(-c3ccc4ccccc4c3)c3ccccc23)cc(-c2c3sc4ccc5ccccc5c4c3cc3oc4ccccc4c23)c1. The normalized spacial score (nSPS) is 12.1. The zero-order chi connectivity index (χ0) is 35.3. The van der Waals surface area contributed by atoms with Crippen LogP contribution in [0.2, 0.25) is 0 Å². The van der Waals surface area contributed by atoms with Gasteiger partial charge in [-0.05, 0) is 101 Å². The van der Waals surface area contributed by atoms with Gasteiger partial charge in [0.05, 0.1) is 0 Å². The van der Waals surface area contributed by atoms with Crippen LogP contribution in [0.1, 0.15) is 0 Å². The molecule has 2 heteroatoms. The first-order valence-electron chi connectivity index (χ1n) is 18.5. The van der Waals surface area contributed by atoms with Crippen LogP contribution < -0.4 is 0 Å². The summed E-state index contributed by atoms with van der Waals surface area (Å²) in [7, 11) is 0. The van der Waals surface area contributed by atoms with Crippen LogP contribution in [-0.4, -0.2) is 0 Å². The second-order valence-corrected chi connectivity index (χ2v) is 15.4. The van der Waals surface area contributed by atoms with Crippen molar-refractivity contribution in [3.8, 4) is 33.4 Å². The Morgan fingerprint density at radius 1 is 0.315 bits per heavy atom. The van der Waals surface area contributed by atoms with Gasteiger partial charge in [0.25, 0.3) is 0 Å². The lowest BCUT2D eigenvalue weighted by Gasteiger charge is -2.18. The molecule has 0 aliphatic heterocycles. The number of rotatable bonds is 3. The van der Waals surface area contributed by atoms with Gasteiger partial charge in [-0.1, -0.05) is 152 Å². The Kier molecular flexibility index (Phi) is 6.28. The fourth-order valence-electron chi connectivity index (χ4n) is 9.09. The third-order valence-electron chi connectivity index (χ3n) is 11.4. The van der Waals surface area contributed by atoms with E-state index in [9.17, 15) is 0 Å². The van der Waals surface area contributed by atoms with Crippen molar-refractivity contribution in [2.75, 3.05) is 0 Å². The predicted molar refractivity (Wildman–Crippen MR) is 233 cm³/mol. The Morgan fingerprint density at radius 2 is 0.870 bits per heavy atom. The molecule has 2 aromatic heterocycles. The van der Waals surface area contributed by atoms with Crippen molar-refractivity contribution >= 4 is 96.5 Å². The van der Waals surface area contributed by atoms with Gasteiger partial charge in [0, 0.05) is 36.5 Å². The molecule has 12 aromatic rings. The molecule has 12 rings (SSSR count). The molecule has 2 heterocycles. The number of para-hydroxylation sites is 1. The van der Waals surface area contributed by atoms with Gasteiger partial charge in [-0.25, -0.2) is 0 Å². The Labute approximate surface area is 314 Å². The Bertz CT molecular complexity index is 3450. The van der Waals surface area contributed by atoms with E-state index in [-0.39, 0.29) is 0 Å². The highest BCUT2D eigenvalue weighted by molar-refractivity contribution is 7.26. The quantitative estimate of drug-likeness (QED) is 0.167. The maximum atomic E-state index is 6.67. The summed E-state index contributed by atoms with van der Waals surface area (Å²) in [6.45, 7) is 0. The van der Waals surface area contributed by atoms with Crippen molar-refractivity contribution in [1.29, 1.82) is 0 Å². The third kappa shape index (κ3) is 4.26. The molecule has 54 heavy (non-hydrogen) atoms. The van der Waals surface area contributed by atoms with Crippen LogP contribution in [0.15, 0.2) is 186 Å². The number of hydrogen-bond donors (Lipinski definition) is 0. The fraction of sp³-hybridized carbons (Fsp3) is 0. The van der Waals surface area contributed by atoms with Crippen LogP contribution in [0.25, 0.3) is 119 Å². The van der Waals surface area contributed by atoms with Crippen LogP contribution in [0, 0.1) is 0 Å². The molecule has 0 saturated carbocycles. The minimum Gasteiger partial charge on any atom is -0.456 e. The zero-order valence-electron chi connectivity index (χ0n) is 29.1. The summed E-state index contributed by atoms with van der Waals surface area (Å²) in [6, 6.07) is 66.7. The Balaban J connectivity index is 1.17. The molecule has 1 nitrogen and oxygen atoms in total. The number of hydrogen-bond acceptors (Lipinski definition) is 2. The first-order chi connectivity index (χ1) is 26.8. The summed E-state index contributed by atoms with van der Waals surface area (Å²) in [5.41, 5.74) is 9.24. The van der Waals surface area contributed by atoms with Gasteiger partial charge >= 0.3 is 0 Å². The lowest BCUT2D eigenvalue weighted by molar-refractivity contribution is 0.669. The van der Waals surface area contributed by atoms with Crippen molar-refractivity contribution in [2.24, 2.45) is 0 Å². The van der Waals surface area contributed by atoms with Gasteiger partial charge in [0.15, 0.2) is 0 Å². The molecule has 0 unspecified atom stereocenters. The largest absolute Gasteiger partial charge is 0.456 e. The zero-order valence-corrected chi connectivity index (χ0v) is 30.0. The van der Waals surface area contributed by atoms with Gasteiger partial charge in [0.2, 0.25) is 0 Å². The molecule has 0 saturated heterocycles. The van der Waals surface area contributed by atoms with E-state index in [0.717, 1.165) is 16.6 Å². The van der Waals surface area contributed by atoms with E-state index in [1.165, 1.54) is 102 Å². The lowest BCUT2D eigenvalue weighted by atomic mass is 9.85. The summed E-state index contributed by atoms with van der Waals surface area (Å²) in [5, 5.41) is 14.9. The van der Waals surface area contributed by atoms with Crippen molar-refractivity contribution in [3.05, 3.63) is 182 Å². The van der Waals surface area contributed by atoms with E-state index in [1.807, 2.05) is 11.3 Å². The van der Waals surface area contributed by atoms with Gasteiger partial charge < -0.3 is 4.42 Å². The van der Waals surface area contributed by atoms with Crippen LogP contribution in [0.5, 0.6) is 0 Å². The summed E-state index contributed by atoms with van der Waals surface area (Å²) >= 11 is 1.89. The summed E-state index contributed by atoms with van der Waals surface area (Å²) in [6.07, 6.45) is 0. The van der Waals surface area contributed by atoms with Crippen LogP contribution >= 0.6 is 11.3 Å². The molecule has 0 aliphatic carbocycles. The molecule has 10 aromatic carbocycles. The Morgan fingerprint density at radius 3 is 1.59 bits per heavy atom. The minimum absolute atomic E-state index is 0.915. The second-order valence-electron chi connectivity index (χ2n) is 14.3. The van der Waals surface area contributed by atoms with E-state index in [2.05, 4.69) is 182 Å². The highest BCUT2D eigenvalue weighted by Crippen LogP contribution is 2.50. The first kappa shape index (κ1) is 29.8. The third-order valence-corrected chi connectivity index (χ3v) is 12.6. The molecular weight excluding hydrogens is 673 g/mol. The molecule has 0 amide bonds. The van der Waals surface area contributed by atoms with Crippen LogP contribution in [0.4, 0.5) is 0 Å². The fourth-order valence-corrected chi connectivity index (χ4v) is 10.4. The lowest BCUT2D eigenvalue weighted by Crippen LogP contribution is -1.91. The van der Waals surface area contributed by atoms with E-state index in [4.69, 9.17) is 4.42 Å². The molecule has 0 spiro atoms. The van der Waals surface area contributed by atoms with Crippen molar-refractivity contribution in [3.63, 3.8) is 0 Å². The topological polar surface area (TPSA) is 13.1 Å². The summed E-state index contributed by atoms with van der Waals surface area (Å²) in [5.74, 6) is 0. The highest BCUT2D eigenvalue weighted by Gasteiger charge is 2.22. The smallest absolute Gasteiger partial charge is 0.136 e. The average Bonchev–Trinajstić information content (AvgIpc) is 3.80. The monoisotopic (exact) mass is 702 g/mol. The molecule has 0 atom stereocenters. The Hall–Kier alpha value is -6.74.